The lowest BCUT2D eigenvalue weighted by Crippen LogP contribution is -2.43. The maximum Gasteiger partial charge on any atom is 0.0641 e. The smallest absolute Gasteiger partial charge is 0.0641 e. The summed E-state index contributed by atoms with van der Waals surface area (Å²) in [4.78, 5) is 0. The van der Waals surface area contributed by atoms with Gasteiger partial charge in [0.15, 0.2) is 0 Å². The van der Waals surface area contributed by atoms with Gasteiger partial charge in [0.1, 0.15) is 0 Å². The summed E-state index contributed by atoms with van der Waals surface area (Å²) in [5, 5.41) is 3.61. The first kappa shape index (κ1) is 11.6. The Morgan fingerprint density at radius 3 is 2.75 bits per heavy atom. The number of benzene rings is 1. The van der Waals surface area contributed by atoms with Gasteiger partial charge < -0.3 is 10.1 Å². The van der Waals surface area contributed by atoms with Crippen LogP contribution in [0.2, 0.25) is 0 Å². The molecule has 0 spiro atoms. The molecule has 1 heterocycles. The van der Waals surface area contributed by atoms with Gasteiger partial charge in [-0.15, -0.1) is 0 Å². The summed E-state index contributed by atoms with van der Waals surface area (Å²) in [6.07, 6.45) is 2.22. The fraction of sp³-hybridized carbons (Fsp3) is 0.571. The zero-order chi connectivity index (χ0) is 11.4. The van der Waals surface area contributed by atoms with Gasteiger partial charge in [-0.25, -0.2) is 0 Å². The molecule has 0 saturated carbocycles. The standard InChI is InChI=1S/C14H21NO/c1-14(2)10-13(8-9-16-14)15-11-12-6-4-3-5-7-12/h3-7,13,15H,8-11H2,1-2H3/t13-/m0/s1. The Hall–Kier alpha value is -0.860. The van der Waals surface area contributed by atoms with E-state index in [9.17, 15) is 0 Å². The molecule has 1 aromatic rings. The van der Waals surface area contributed by atoms with Gasteiger partial charge >= 0.3 is 0 Å². The maximum atomic E-state index is 5.71. The molecule has 0 radical (unpaired) electrons. The highest BCUT2D eigenvalue weighted by atomic mass is 16.5. The summed E-state index contributed by atoms with van der Waals surface area (Å²) in [6, 6.07) is 11.1. The quantitative estimate of drug-likeness (QED) is 0.844. The first-order valence-corrected chi connectivity index (χ1v) is 6.07. The predicted molar refractivity (Wildman–Crippen MR) is 66.3 cm³/mol. The fourth-order valence-corrected chi connectivity index (χ4v) is 2.26. The highest BCUT2D eigenvalue weighted by molar-refractivity contribution is 5.14. The average Bonchev–Trinajstić information content (AvgIpc) is 2.27. The van der Waals surface area contributed by atoms with Crippen LogP contribution in [0.1, 0.15) is 32.3 Å². The zero-order valence-electron chi connectivity index (χ0n) is 10.2. The molecule has 16 heavy (non-hydrogen) atoms. The Balaban J connectivity index is 1.82. The summed E-state index contributed by atoms with van der Waals surface area (Å²) in [7, 11) is 0. The van der Waals surface area contributed by atoms with Gasteiger partial charge in [0, 0.05) is 19.2 Å². The van der Waals surface area contributed by atoms with Crippen LogP contribution in [0, 0.1) is 0 Å². The molecule has 2 rings (SSSR count). The molecular formula is C14H21NO. The van der Waals surface area contributed by atoms with E-state index in [1.807, 2.05) is 0 Å². The summed E-state index contributed by atoms with van der Waals surface area (Å²) in [5.74, 6) is 0. The number of ether oxygens (including phenoxy) is 1. The molecule has 1 saturated heterocycles. The van der Waals surface area contributed by atoms with Crippen molar-refractivity contribution in [2.24, 2.45) is 0 Å². The molecule has 1 N–H and O–H groups in total. The molecule has 2 heteroatoms. The monoisotopic (exact) mass is 219 g/mol. The lowest BCUT2D eigenvalue weighted by atomic mass is 9.94. The number of nitrogens with one attached hydrogen (secondary N) is 1. The Labute approximate surface area is 98.0 Å². The fourth-order valence-electron chi connectivity index (χ4n) is 2.26. The summed E-state index contributed by atoms with van der Waals surface area (Å²) in [6.45, 7) is 6.17. The number of hydrogen-bond donors (Lipinski definition) is 1. The van der Waals surface area contributed by atoms with Gasteiger partial charge in [-0.3, -0.25) is 0 Å². The summed E-state index contributed by atoms with van der Waals surface area (Å²) in [5.41, 5.74) is 1.39. The maximum absolute atomic E-state index is 5.71. The van der Waals surface area contributed by atoms with Crippen molar-refractivity contribution in [3.63, 3.8) is 0 Å². The Kier molecular flexibility index (Phi) is 3.62. The molecule has 88 valence electrons. The van der Waals surface area contributed by atoms with Crippen molar-refractivity contribution >= 4 is 0 Å². The molecule has 0 unspecified atom stereocenters. The van der Waals surface area contributed by atoms with Gasteiger partial charge in [-0.05, 0) is 32.3 Å². The minimum atomic E-state index is 0.0343. The highest BCUT2D eigenvalue weighted by Gasteiger charge is 2.28. The lowest BCUT2D eigenvalue weighted by Gasteiger charge is -2.36. The first-order valence-electron chi connectivity index (χ1n) is 6.07. The van der Waals surface area contributed by atoms with Crippen LogP contribution in [0.25, 0.3) is 0 Å². The Morgan fingerprint density at radius 2 is 2.06 bits per heavy atom. The molecule has 0 aliphatic carbocycles. The largest absolute Gasteiger partial charge is 0.375 e. The minimum Gasteiger partial charge on any atom is -0.375 e. The molecule has 1 aliphatic rings. The van der Waals surface area contributed by atoms with Crippen molar-refractivity contribution in [2.75, 3.05) is 6.61 Å². The van der Waals surface area contributed by atoms with Crippen molar-refractivity contribution in [1.29, 1.82) is 0 Å². The molecule has 0 amide bonds. The summed E-state index contributed by atoms with van der Waals surface area (Å²) >= 11 is 0. The van der Waals surface area contributed by atoms with Crippen LogP contribution in [0.3, 0.4) is 0 Å². The van der Waals surface area contributed by atoms with Crippen molar-refractivity contribution in [3.05, 3.63) is 35.9 Å². The van der Waals surface area contributed by atoms with Gasteiger partial charge in [0.2, 0.25) is 0 Å². The van der Waals surface area contributed by atoms with Gasteiger partial charge in [-0.2, -0.15) is 0 Å². The SMILES string of the molecule is CC1(C)C[C@@H](NCc2ccccc2)CCO1. The molecule has 2 nitrogen and oxygen atoms in total. The van der Waals surface area contributed by atoms with Crippen molar-refractivity contribution in [2.45, 2.75) is 44.9 Å². The van der Waals surface area contributed by atoms with Crippen LogP contribution in [-0.2, 0) is 11.3 Å². The minimum absolute atomic E-state index is 0.0343. The van der Waals surface area contributed by atoms with E-state index < -0.39 is 0 Å². The first-order chi connectivity index (χ1) is 7.66. The van der Waals surface area contributed by atoms with Gasteiger partial charge in [0.25, 0.3) is 0 Å². The van der Waals surface area contributed by atoms with Crippen molar-refractivity contribution in [3.8, 4) is 0 Å². The number of rotatable bonds is 3. The average molecular weight is 219 g/mol. The second-order valence-corrected chi connectivity index (χ2v) is 5.16. The van der Waals surface area contributed by atoms with Crippen LogP contribution >= 0.6 is 0 Å². The van der Waals surface area contributed by atoms with Crippen LogP contribution < -0.4 is 5.32 Å². The third-order valence-electron chi connectivity index (χ3n) is 3.13. The van der Waals surface area contributed by atoms with Crippen LogP contribution in [0.5, 0.6) is 0 Å². The second-order valence-electron chi connectivity index (χ2n) is 5.16. The molecular weight excluding hydrogens is 198 g/mol. The van der Waals surface area contributed by atoms with Crippen molar-refractivity contribution < 1.29 is 4.74 Å². The molecule has 1 atom stereocenters. The third kappa shape index (κ3) is 3.32. The van der Waals surface area contributed by atoms with Crippen LogP contribution in [-0.4, -0.2) is 18.2 Å². The van der Waals surface area contributed by atoms with Gasteiger partial charge in [0.05, 0.1) is 5.60 Å². The lowest BCUT2D eigenvalue weighted by molar-refractivity contribution is -0.0630. The molecule has 1 fully saturated rings. The zero-order valence-corrected chi connectivity index (χ0v) is 10.2. The summed E-state index contributed by atoms with van der Waals surface area (Å²) < 4.78 is 5.71. The van der Waals surface area contributed by atoms with E-state index >= 15 is 0 Å². The van der Waals surface area contributed by atoms with E-state index in [4.69, 9.17) is 4.74 Å². The van der Waals surface area contributed by atoms with E-state index in [0.717, 1.165) is 26.0 Å². The van der Waals surface area contributed by atoms with E-state index in [0.29, 0.717) is 6.04 Å². The van der Waals surface area contributed by atoms with E-state index in [2.05, 4.69) is 49.5 Å². The van der Waals surface area contributed by atoms with E-state index in [1.54, 1.807) is 0 Å². The van der Waals surface area contributed by atoms with E-state index in [-0.39, 0.29) is 5.60 Å². The van der Waals surface area contributed by atoms with Crippen molar-refractivity contribution in [1.82, 2.24) is 5.32 Å². The Bertz CT molecular complexity index is 321. The van der Waals surface area contributed by atoms with E-state index in [1.165, 1.54) is 5.56 Å². The second kappa shape index (κ2) is 4.98. The molecule has 0 bridgehead atoms. The molecule has 1 aromatic carbocycles. The highest BCUT2D eigenvalue weighted by Crippen LogP contribution is 2.24. The Morgan fingerprint density at radius 1 is 1.31 bits per heavy atom. The topological polar surface area (TPSA) is 21.3 Å². The predicted octanol–water partition coefficient (Wildman–Crippen LogP) is 2.73. The van der Waals surface area contributed by atoms with Gasteiger partial charge in [-0.1, -0.05) is 30.3 Å². The number of hydrogen-bond acceptors (Lipinski definition) is 2. The molecule has 1 aliphatic heterocycles. The molecule has 0 aromatic heterocycles. The van der Waals surface area contributed by atoms with Crippen LogP contribution in [0.15, 0.2) is 30.3 Å². The van der Waals surface area contributed by atoms with Crippen LogP contribution in [0.4, 0.5) is 0 Å². The third-order valence-corrected chi connectivity index (χ3v) is 3.13. The normalized spacial score (nSPS) is 24.2.